The van der Waals surface area contributed by atoms with Crippen LogP contribution in [0.4, 0.5) is 4.79 Å². The molecule has 0 fully saturated rings. The molecule has 162 valence electrons. The number of carbonyl (C=O) groups excluding carboxylic acids is 4. The van der Waals surface area contributed by atoms with Crippen LogP contribution in [-0.4, -0.2) is 72.3 Å². The van der Waals surface area contributed by atoms with Gasteiger partial charge in [-0.05, 0) is 12.8 Å². The number of rotatable bonds is 9. The number of nitrogens with zero attached hydrogens (tertiary/aromatic N) is 3. The fourth-order valence-corrected chi connectivity index (χ4v) is 2.80. The second kappa shape index (κ2) is 10.2. The quantitative estimate of drug-likeness (QED) is 0.112. The summed E-state index contributed by atoms with van der Waals surface area (Å²) in [6, 6.07) is -1.44. The predicted octanol–water partition coefficient (Wildman–Crippen LogP) is -4.02. The van der Waals surface area contributed by atoms with Crippen molar-refractivity contribution in [2.24, 2.45) is 38.7 Å². The van der Waals surface area contributed by atoms with Gasteiger partial charge in [0.2, 0.25) is 17.8 Å². The van der Waals surface area contributed by atoms with Gasteiger partial charge in [-0.15, -0.1) is 0 Å². The molecule has 0 saturated heterocycles. The fraction of sp³-hybridized carbons (Fsp3) is 0.600. The number of likely N-dealkylation sites (N-methyl/N-ethyl adjacent to an activating group) is 1. The molecule has 1 heterocycles. The minimum absolute atomic E-state index is 0.0307. The largest absolute Gasteiger partial charge is 0.370 e. The summed E-state index contributed by atoms with van der Waals surface area (Å²) in [4.78, 5) is 56.8. The monoisotopic (exact) mass is 412 g/mol. The van der Waals surface area contributed by atoms with Gasteiger partial charge in [0.15, 0.2) is 5.96 Å². The Balaban J connectivity index is 2.87. The summed E-state index contributed by atoms with van der Waals surface area (Å²) in [5.41, 5.74) is 25.1. The Morgan fingerprint density at radius 2 is 1.97 bits per heavy atom. The lowest BCUT2D eigenvalue weighted by atomic mass is 9.89. The molecule has 29 heavy (non-hydrogen) atoms. The lowest BCUT2D eigenvalue weighted by molar-refractivity contribution is -0.147. The molecular weight excluding hydrogens is 384 g/mol. The van der Waals surface area contributed by atoms with Gasteiger partial charge in [0.05, 0.1) is 13.0 Å². The minimum Gasteiger partial charge on any atom is -0.370 e. The van der Waals surface area contributed by atoms with Crippen LogP contribution in [0.1, 0.15) is 25.7 Å². The normalized spacial score (nSPS) is 19.4. The fourth-order valence-electron chi connectivity index (χ4n) is 2.80. The zero-order chi connectivity index (χ0) is 22.2. The summed E-state index contributed by atoms with van der Waals surface area (Å²) in [6.07, 6.45) is 0.488. The summed E-state index contributed by atoms with van der Waals surface area (Å²) in [5, 5.41) is 4.44. The van der Waals surface area contributed by atoms with E-state index in [9.17, 15) is 19.2 Å². The van der Waals surface area contributed by atoms with E-state index in [2.05, 4.69) is 20.6 Å². The van der Waals surface area contributed by atoms with E-state index in [4.69, 9.17) is 28.7 Å². The SMILES string of the molecule is CN(C(=O)C[C@H](N)CCCN=C(N)N)[C@]1(CC(N)=O)CN=C(NC(N)=O)NC1=O. The average Bonchev–Trinajstić information content (AvgIpc) is 2.59. The molecule has 0 radical (unpaired) electrons. The highest BCUT2D eigenvalue weighted by Crippen LogP contribution is 2.23. The summed E-state index contributed by atoms with van der Waals surface area (Å²) in [5.74, 6) is -2.22. The van der Waals surface area contributed by atoms with Crippen LogP contribution >= 0.6 is 0 Å². The van der Waals surface area contributed by atoms with Crippen molar-refractivity contribution in [2.45, 2.75) is 37.3 Å². The highest BCUT2D eigenvalue weighted by atomic mass is 16.2. The molecule has 0 unspecified atom stereocenters. The standard InChI is InChI=1S/C15H28N10O4/c1-25(10(27)5-8(16)3-2-4-21-12(18)19)15(6-9(17)26)7-22-14(23-11(15)28)24-13(20)29/h8H,2-7,16H2,1H3,(H2,17,26)(H4,18,19,21)(H4,20,22,23,24,28,29)/t8-,15-/m1/s1. The number of carbonyl (C=O) groups is 4. The Morgan fingerprint density at radius 1 is 1.31 bits per heavy atom. The second-order valence-corrected chi connectivity index (χ2v) is 6.65. The van der Waals surface area contributed by atoms with Gasteiger partial charge in [-0.2, -0.15) is 0 Å². The van der Waals surface area contributed by atoms with Gasteiger partial charge in [0.1, 0.15) is 5.54 Å². The van der Waals surface area contributed by atoms with E-state index >= 15 is 0 Å². The molecule has 0 bridgehead atoms. The van der Waals surface area contributed by atoms with Crippen molar-refractivity contribution in [3.8, 4) is 0 Å². The zero-order valence-corrected chi connectivity index (χ0v) is 16.2. The van der Waals surface area contributed by atoms with Crippen molar-refractivity contribution in [3.05, 3.63) is 0 Å². The lowest BCUT2D eigenvalue weighted by Gasteiger charge is -2.41. The van der Waals surface area contributed by atoms with Crippen LogP contribution in [0.15, 0.2) is 9.98 Å². The van der Waals surface area contributed by atoms with Gasteiger partial charge in [-0.3, -0.25) is 30.0 Å². The topological polar surface area (TPSA) is 250 Å². The van der Waals surface area contributed by atoms with Crippen LogP contribution in [0, 0.1) is 0 Å². The van der Waals surface area contributed by atoms with Crippen LogP contribution in [-0.2, 0) is 14.4 Å². The third kappa shape index (κ3) is 6.91. The van der Waals surface area contributed by atoms with Crippen LogP contribution in [0.25, 0.3) is 0 Å². The van der Waals surface area contributed by atoms with E-state index in [1.165, 1.54) is 7.05 Å². The van der Waals surface area contributed by atoms with E-state index in [1.54, 1.807) is 0 Å². The number of nitrogens with two attached hydrogens (primary N) is 5. The third-order valence-electron chi connectivity index (χ3n) is 4.34. The van der Waals surface area contributed by atoms with E-state index in [0.717, 1.165) is 4.90 Å². The van der Waals surface area contributed by atoms with E-state index in [0.29, 0.717) is 19.4 Å². The molecule has 2 atom stereocenters. The molecule has 12 N–H and O–H groups in total. The van der Waals surface area contributed by atoms with Crippen molar-refractivity contribution < 1.29 is 19.2 Å². The Hall–Kier alpha value is -3.42. The number of primary amides is 2. The van der Waals surface area contributed by atoms with Gasteiger partial charge in [-0.25, -0.2) is 9.79 Å². The lowest BCUT2D eigenvalue weighted by Crippen LogP contribution is -2.67. The first kappa shape index (κ1) is 23.6. The van der Waals surface area contributed by atoms with Crippen molar-refractivity contribution in [2.75, 3.05) is 20.1 Å². The Kier molecular flexibility index (Phi) is 8.32. The van der Waals surface area contributed by atoms with Gasteiger partial charge < -0.3 is 33.6 Å². The zero-order valence-electron chi connectivity index (χ0n) is 16.2. The molecule has 14 heteroatoms. The number of urea groups is 1. The highest BCUT2D eigenvalue weighted by molar-refractivity contribution is 6.10. The summed E-state index contributed by atoms with van der Waals surface area (Å²) in [6.45, 7) is 0.0811. The smallest absolute Gasteiger partial charge is 0.318 e. The molecule has 1 aliphatic rings. The van der Waals surface area contributed by atoms with E-state index < -0.39 is 41.8 Å². The van der Waals surface area contributed by atoms with Gasteiger partial charge in [0.25, 0.3) is 5.91 Å². The first-order valence-corrected chi connectivity index (χ1v) is 8.76. The molecule has 0 spiro atoms. The molecule has 0 aromatic rings. The maximum absolute atomic E-state index is 12.7. The Morgan fingerprint density at radius 3 is 2.48 bits per heavy atom. The summed E-state index contributed by atoms with van der Waals surface area (Å²) < 4.78 is 0. The van der Waals surface area contributed by atoms with Gasteiger partial charge in [0, 0.05) is 26.1 Å². The Bertz CT molecular complexity index is 718. The maximum Gasteiger partial charge on any atom is 0.318 e. The third-order valence-corrected chi connectivity index (χ3v) is 4.34. The first-order valence-electron chi connectivity index (χ1n) is 8.76. The Labute approximate surface area is 167 Å². The molecule has 0 saturated carbocycles. The number of hydrogen-bond acceptors (Lipinski definition) is 7. The molecule has 1 aliphatic heterocycles. The predicted molar refractivity (Wildman–Crippen MR) is 105 cm³/mol. The molecule has 0 aromatic heterocycles. The van der Waals surface area contributed by atoms with Gasteiger partial charge >= 0.3 is 6.03 Å². The van der Waals surface area contributed by atoms with Crippen molar-refractivity contribution in [1.82, 2.24) is 15.5 Å². The number of amides is 5. The van der Waals surface area contributed by atoms with Crippen molar-refractivity contribution >= 4 is 35.7 Å². The molecule has 1 rings (SSSR count). The number of aliphatic imine (C=N–C) groups is 2. The molecule has 0 aliphatic carbocycles. The number of guanidine groups is 2. The maximum atomic E-state index is 12.7. The van der Waals surface area contributed by atoms with Crippen molar-refractivity contribution in [3.63, 3.8) is 0 Å². The highest BCUT2D eigenvalue weighted by Gasteiger charge is 2.48. The molecule has 14 nitrogen and oxygen atoms in total. The second-order valence-electron chi connectivity index (χ2n) is 6.65. The molecule has 5 amide bonds. The number of nitrogens with one attached hydrogen (secondary N) is 2. The van der Waals surface area contributed by atoms with Crippen LogP contribution in [0.5, 0.6) is 0 Å². The number of hydrogen-bond donors (Lipinski definition) is 7. The molecular formula is C15H28N10O4. The van der Waals surface area contributed by atoms with Crippen LogP contribution in [0.3, 0.4) is 0 Å². The molecule has 0 aromatic carbocycles. The van der Waals surface area contributed by atoms with Crippen LogP contribution < -0.4 is 39.3 Å². The minimum atomic E-state index is -1.65. The van der Waals surface area contributed by atoms with E-state index in [1.807, 2.05) is 0 Å². The van der Waals surface area contributed by atoms with Gasteiger partial charge in [-0.1, -0.05) is 0 Å². The summed E-state index contributed by atoms with van der Waals surface area (Å²) in [7, 11) is 1.36. The van der Waals surface area contributed by atoms with Crippen molar-refractivity contribution in [1.29, 1.82) is 0 Å². The first-order chi connectivity index (χ1) is 13.5. The average molecular weight is 412 g/mol. The summed E-state index contributed by atoms with van der Waals surface area (Å²) >= 11 is 0. The van der Waals surface area contributed by atoms with Crippen LogP contribution in [0.2, 0.25) is 0 Å². The van der Waals surface area contributed by atoms with E-state index in [-0.39, 0.29) is 24.9 Å².